The molecule has 2 aromatic heterocycles. The lowest BCUT2D eigenvalue weighted by atomic mass is 10.1. The largest absolute Gasteiger partial charge is 0.416 e. The predicted octanol–water partition coefficient (Wildman–Crippen LogP) is 4.62. The molecule has 1 saturated heterocycles. The number of amides is 3. The summed E-state index contributed by atoms with van der Waals surface area (Å²) in [7, 11) is 1.56. The summed E-state index contributed by atoms with van der Waals surface area (Å²) < 4.78 is 41.0. The second kappa shape index (κ2) is 10.8. The van der Waals surface area contributed by atoms with Gasteiger partial charge in [-0.2, -0.15) is 13.2 Å². The molecule has 1 fully saturated rings. The summed E-state index contributed by atoms with van der Waals surface area (Å²) in [6, 6.07) is 9.51. The molecule has 0 bridgehead atoms. The van der Waals surface area contributed by atoms with Crippen molar-refractivity contribution in [2.24, 2.45) is 0 Å². The first-order valence-electron chi connectivity index (χ1n) is 12.5. The fraction of sp³-hybridized carbons (Fsp3) is 0.259. The van der Waals surface area contributed by atoms with Crippen LogP contribution in [0.1, 0.15) is 21.5 Å². The summed E-state index contributed by atoms with van der Waals surface area (Å²) in [5.74, 6) is -0.299. The molecule has 3 heterocycles. The Morgan fingerprint density at radius 1 is 1.02 bits per heavy atom. The summed E-state index contributed by atoms with van der Waals surface area (Å²) in [6.45, 7) is 4.12. The number of anilines is 4. The number of aromatic nitrogens is 3. The average molecular weight is 553 g/mol. The highest BCUT2D eigenvalue weighted by Crippen LogP contribution is 2.33. The number of aromatic amines is 1. The average Bonchev–Trinajstić information content (AvgIpc) is 3.43. The first-order valence-corrected chi connectivity index (χ1v) is 12.5. The molecule has 0 saturated carbocycles. The van der Waals surface area contributed by atoms with Gasteiger partial charge in [0.1, 0.15) is 17.8 Å². The first kappa shape index (κ1) is 26.9. The van der Waals surface area contributed by atoms with E-state index in [0.717, 1.165) is 12.1 Å². The summed E-state index contributed by atoms with van der Waals surface area (Å²) in [4.78, 5) is 40.6. The molecule has 10 nitrogen and oxygen atoms in total. The van der Waals surface area contributed by atoms with Crippen molar-refractivity contribution in [2.75, 3.05) is 53.7 Å². The number of hydrogen-bond acceptors (Lipinski definition) is 6. The van der Waals surface area contributed by atoms with Crippen LogP contribution in [0.25, 0.3) is 11.0 Å². The Hall–Kier alpha value is -4.65. The van der Waals surface area contributed by atoms with Crippen LogP contribution in [-0.4, -0.2) is 60.1 Å². The Labute approximate surface area is 227 Å². The second-order valence-corrected chi connectivity index (χ2v) is 9.41. The number of H-pyrrole nitrogens is 1. The van der Waals surface area contributed by atoms with Crippen molar-refractivity contribution in [3.8, 4) is 0 Å². The minimum absolute atomic E-state index is 0.117. The lowest BCUT2D eigenvalue weighted by Gasteiger charge is -2.30. The molecule has 0 unspecified atom stereocenters. The van der Waals surface area contributed by atoms with Crippen molar-refractivity contribution in [1.82, 2.24) is 20.3 Å². The molecule has 4 aromatic rings. The number of halogens is 3. The maximum atomic E-state index is 13.7. The van der Waals surface area contributed by atoms with Crippen molar-refractivity contribution in [3.05, 3.63) is 71.7 Å². The van der Waals surface area contributed by atoms with E-state index in [4.69, 9.17) is 0 Å². The van der Waals surface area contributed by atoms with Gasteiger partial charge in [-0.25, -0.2) is 14.8 Å². The molecule has 1 aliphatic rings. The number of benzene rings is 2. The van der Waals surface area contributed by atoms with Crippen LogP contribution < -0.4 is 25.8 Å². The number of urea groups is 1. The summed E-state index contributed by atoms with van der Waals surface area (Å²) in [5.41, 5.74) is 1.35. The molecule has 2 aromatic carbocycles. The zero-order chi connectivity index (χ0) is 28.4. The number of rotatable bonds is 5. The fourth-order valence-corrected chi connectivity index (χ4v) is 4.47. The standard InChI is InChI=1S/C27H27F3N8O2/c1-16-3-4-19(14-22(16)36-26(40)37(2)24-21-5-6-32-23(21)33-15-34-24)35-25(39)17-11-18(27(28,29)30)13-20(12-17)38-9-7-31-8-10-38/h3-6,11-15,31H,7-10H2,1-2H3,(H,35,39)(H,36,40)(H,32,33,34). The Kier molecular flexibility index (Phi) is 7.30. The van der Waals surface area contributed by atoms with Gasteiger partial charge in [0.05, 0.1) is 10.9 Å². The topological polar surface area (TPSA) is 118 Å². The number of piperazine rings is 1. The second-order valence-electron chi connectivity index (χ2n) is 9.41. The Morgan fingerprint density at radius 3 is 2.55 bits per heavy atom. The highest BCUT2D eigenvalue weighted by molar-refractivity contribution is 6.07. The zero-order valence-corrected chi connectivity index (χ0v) is 21.8. The van der Waals surface area contributed by atoms with Crippen LogP contribution in [0.5, 0.6) is 0 Å². The van der Waals surface area contributed by atoms with Gasteiger partial charge in [-0.3, -0.25) is 9.69 Å². The zero-order valence-electron chi connectivity index (χ0n) is 21.8. The first-order chi connectivity index (χ1) is 19.1. The van der Waals surface area contributed by atoms with Crippen LogP contribution in [0, 0.1) is 6.92 Å². The van der Waals surface area contributed by atoms with Gasteiger partial charge in [0.2, 0.25) is 0 Å². The molecular formula is C27H27F3N8O2. The fourth-order valence-electron chi connectivity index (χ4n) is 4.47. The van der Waals surface area contributed by atoms with Crippen LogP contribution in [0.4, 0.5) is 40.8 Å². The van der Waals surface area contributed by atoms with Gasteiger partial charge in [-0.15, -0.1) is 0 Å². The van der Waals surface area contributed by atoms with Gasteiger partial charge >= 0.3 is 12.2 Å². The number of hydrogen-bond donors (Lipinski definition) is 4. The summed E-state index contributed by atoms with van der Waals surface area (Å²) in [5, 5.41) is 9.29. The Balaban J connectivity index is 1.36. The Bertz CT molecular complexity index is 1560. The van der Waals surface area contributed by atoms with Gasteiger partial charge in [-0.05, 0) is 48.9 Å². The van der Waals surface area contributed by atoms with E-state index in [9.17, 15) is 22.8 Å². The third-order valence-corrected chi connectivity index (χ3v) is 6.68. The van der Waals surface area contributed by atoms with Crippen LogP contribution in [0.15, 0.2) is 55.0 Å². The van der Waals surface area contributed by atoms with Gasteiger partial charge in [-0.1, -0.05) is 6.07 Å². The van der Waals surface area contributed by atoms with E-state index in [1.165, 1.54) is 17.3 Å². The van der Waals surface area contributed by atoms with Crippen LogP contribution in [0.2, 0.25) is 0 Å². The van der Waals surface area contributed by atoms with E-state index in [1.807, 2.05) is 4.90 Å². The highest BCUT2D eigenvalue weighted by atomic mass is 19.4. The van der Waals surface area contributed by atoms with Gasteiger partial charge in [0.25, 0.3) is 5.91 Å². The maximum Gasteiger partial charge on any atom is 0.416 e. The number of fused-ring (bicyclic) bond motifs is 1. The number of carbonyl (C=O) groups is 2. The minimum Gasteiger partial charge on any atom is -0.369 e. The third kappa shape index (κ3) is 5.69. The predicted molar refractivity (Wildman–Crippen MR) is 147 cm³/mol. The monoisotopic (exact) mass is 552 g/mol. The van der Waals surface area contributed by atoms with E-state index >= 15 is 0 Å². The number of aryl methyl sites for hydroxylation is 1. The van der Waals surface area contributed by atoms with Crippen LogP contribution >= 0.6 is 0 Å². The smallest absolute Gasteiger partial charge is 0.369 e. The van der Waals surface area contributed by atoms with Gasteiger partial charge in [0.15, 0.2) is 0 Å². The third-order valence-electron chi connectivity index (χ3n) is 6.68. The van der Waals surface area contributed by atoms with E-state index in [-0.39, 0.29) is 5.56 Å². The molecule has 0 aliphatic carbocycles. The molecule has 3 amide bonds. The molecule has 208 valence electrons. The van der Waals surface area contributed by atoms with E-state index in [0.29, 0.717) is 65.7 Å². The van der Waals surface area contributed by atoms with Crippen molar-refractivity contribution in [2.45, 2.75) is 13.1 Å². The van der Waals surface area contributed by atoms with Crippen LogP contribution in [0.3, 0.4) is 0 Å². The summed E-state index contributed by atoms with van der Waals surface area (Å²) >= 11 is 0. The molecule has 0 radical (unpaired) electrons. The van der Waals surface area contributed by atoms with Crippen molar-refractivity contribution in [3.63, 3.8) is 0 Å². The van der Waals surface area contributed by atoms with Crippen LogP contribution in [-0.2, 0) is 6.18 Å². The molecular weight excluding hydrogens is 525 g/mol. The molecule has 4 N–H and O–H groups in total. The molecule has 5 rings (SSSR count). The molecule has 0 spiro atoms. The normalized spacial score (nSPS) is 13.8. The van der Waals surface area contributed by atoms with Gasteiger partial charge < -0.3 is 25.8 Å². The maximum absolute atomic E-state index is 13.7. The minimum atomic E-state index is -4.61. The quantitative estimate of drug-likeness (QED) is 0.287. The molecule has 0 atom stereocenters. The SMILES string of the molecule is Cc1ccc(NC(=O)c2cc(N3CCNCC3)cc(C(F)(F)F)c2)cc1NC(=O)N(C)c1ncnc2[nH]ccc12. The van der Waals surface area contributed by atoms with E-state index < -0.39 is 23.7 Å². The number of nitrogens with zero attached hydrogens (tertiary/aromatic N) is 4. The lowest BCUT2D eigenvalue weighted by Crippen LogP contribution is -2.43. The molecule has 40 heavy (non-hydrogen) atoms. The number of nitrogens with one attached hydrogen (secondary N) is 4. The number of alkyl halides is 3. The van der Waals surface area contributed by atoms with Gasteiger partial charge in [0, 0.05) is 62.0 Å². The number of carbonyl (C=O) groups excluding carboxylic acids is 2. The van der Waals surface area contributed by atoms with Crippen molar-refractivity contribution in [1.29, 1.82) is 0 Å². The molecule has 1 aliphatic heterocycles. The highest BCUT2D eigenvalue weighted by Gasteiger charge is 2.32. The lowest BCUT2D eigenvalue weighted by molar-refractivity contribution is -0.137. The Morgan fingerprint density at radius 2 is 1.80 bits per heavy atom. The van der Waals surface area contributed by atoms with E-state index in [2.05, 4.69) is 30.9 Å². The summed E-state index contributed by atoms with van der Waals surface area (Å²) in [6.07, 6.45) is -1.56. The van der Waals surface area contributed by atoms with Crippen molar-refractivity contribution >= 4 is 45.9 Å². The van der Waals surface area contributed by atoms with Crippen molar-refractivity contribution < 1.29 is 22.8 Å². The van der Waals surface area contributed by atoms with E-state index in [1.54, 1.807) is 44.4 Å². The molecule has 13 heteroatoms.